The monoisotopic (exact) mass is 525 g/mol. The van der Waals surface area contributed by atoms with Gasteiger partial charge in [-0.2, -0.15) is 5.26 Å². The fourth-order valence-corrected chi connectivity index (χ4v) is 4.80. The highest BCUT2D eigenvalue weighted by Crippen LogP contribution is 2.45. The summed E-state index contributed by atoms with van der Waals surface area (Å²) in [6.45, 7) is 2.12. The largest absolute Gasteiger partial charge is 0.478 e. The van der Waals surface area contributed by atoms with E-state index < -0.39 is 5.97 Å². The van der Waals surface area contributed by atoms with Crippen molar-refractivity contribution in [2.75, 3.05) is 0 Å². The molecule has 2 aromatic carbocycles. The Morgan fingerprint density at radius 2 is 2.03 bits per heavy atom. The van der Waals surface area contributed by atoms with Crippen molar-refractivity contribution in [3.8, 4) is 34.7 Å². The zero-order valence-electron chi connectivity index (χ0n) is 20.2. The minimum atomic E-state index is -1.07. The number of allylic oxidation sites excluding steroid dienone is 1. The molecule has 1 aliphatic heterocycles. The number of aromatic nitrogens is 2. The molecule has 0 spiro atoms. The molecule has 0 amide bonds. The average molecular weight is 526 g/mol. The highest BCUT2D eigenvalue weighted by atomic mass is 35.5. The molecule has 38 heavy (non-hydrogen) atoms. The van der Waals surface area contributed by atoms with Crippen LogP contribution in [0.2, 0.25) is 5.02 Å². The van der Waals surface area contributed by atoms with Crippen molar-refractivity contribution in [1.82, 2.24) is 10.1 Å². The van der Waals surface area contributed by atoms with Gasteiger partial charge in [-0.1, -0.05) is 35.0 Å². The quantitative estimate of drug-likeness (QED) is 0.285. The van der Waals surface area contributed by atoms with E-state index in [0.717, 1.165) is 35.3 Å². The topological polar surface area (TPSA) is 118 Å². The Kier molecular flexibility index (Phi) is 5.86. The lowest BCUT2D eigenvalue weighted by Gasteiger charge is -2.12. The Labute approximate surface area is 222 Å². The number of carboxylic acids is 1. The third-order valence-corrected chi connectivity index (χ3v) is 6.89. The molecule has 4 aromatic rings. The van der Waals surface area contributed by atoms with Gasteiger partial charge in [0.1, 0.15) is 35.6 Å². The molecule has 2 aromatic heterocycles. The van der Waals surface area contributed by atoms with E-state index in [1.165, 1.54) is 12.1 Å². The van der Waals surface area contributed by atoms with Crippen LogP contribution in [0.5, 0.6) is 17.4 Å². The van der Waals surface area contributed by atoms with Gasteiger partial charge in [0.15, 0.2) is 5.75 Å². The molecule has 0 atom stereocenters. The molecule has 1 fully saturated rings. The van der Waals surface area contributed by atoms with Gasteiger partial charge in [-0.3, -0.25) is 0 Å². The van der Waals surface area contributed by atoms with Crippen LogP contribution in [-0.4, -0.2) is 21.2 Å². The molecule has 9 heteroatoms. The fourth-order valence-electron chi connectivity index (χ4n) is 4.49. The third kappa shape index (κ3) is 4.27. The molecule has 6 rings (SSSR count). The van der Waals surface area contributed by atoms with Crippen molar-refractivity contribution in [1.29, 1.82) is 5.26 Å². The lowest BCUT2D eigenvalue weighted by atomic mass is 10.0. The summed E-state index contributed by atoms with van der Waals surface area (Å²) in [5.41, 5.74) is 4.47. The van der Waals surface area contributed by atoms with Crippen molar-refractivity contribution < 1.29 is 23.9 Å². The summed E-state index contributed by atoms with van der Waals surface area (Å²) in [4.78, 5) is 16.0. The third-order valence-electron chi connectivity index (χ3n) is 6.58. The number of carbonyl (C=O) groups is 1. The number of nitrogens with zero attached hydrogens (tertiary/aromatic N) is 3. The summed E-state index contributed by atoms with van der Waals surface area (Å²) in [7, 11) is 0. The van der Waals surface area contributed by atoms with Crippen LogP contribution in [0.1, 0.15) is 57.3 Å². The Morgan fingerprint density at radius 3 is 2.76 bits per heavy atom. The maximum atomic E-state index is 11.4. The van der Waals surface area contributed by atoms with E-state index in [2.05, 4.69) is 16.2 Å². The van der Waals surface area contributed by atoms with Crippen LogP contribution in [0.15, 0.2) is 53.1 Å². The van der Waals surface area contributed by atoms with Crippen LogP contribution in [0.25, 0.3) is 22.9 Å². The van der Waals surface area contributed by atoms with E-state index in [0.29, 0.717) is 39.4 Å². The zero-order valence-corrected chi connectivity index (χ0v) is 21.0. The molecular formula is C29H20ClN3O5. The Balaban J connectivity index is 1.33. The van der Waals surface area contributed by atoms with Crippen molar-refractivity contribution in [2.45, 2.75) is 32.3 Å². The molecule has 0 saturated heterocycles. The van der Waals surface area contributed by atoms with E-state index >= 15 is 0 Å². The first kappa shape index (κ1) is 23.8. The molecule has 1 saturated carbocycles. The van der Waals surface area contributed by atoms with E-state index in [-0.39, 0.29) is 23.6 Å². The highest BCUT2D eigenvalue weighted by Gasteiger charge is 2.33. The molecule has 0 unspecified atom stereocenters. The van der Waals surface area contributed by atoms with Gasteiger partial charge in [0.2, 0.25) is 5.88 Å². The second-order valence-corrected chi connectivity index (χ2v) is 9.60. The standard InChI is InChI=1S/C29H20ClN3O5/c1-15-3-2-4-21(30)25(15)27-20(28(38-33-27)16-5-6-16)14-36-24-10-9-22-26(32-24)19(13-31)11-17-7-8-18(29(34)35)12-23(17)37-22/h2-4,7-12,16H,5-6,14H2,1H3,(H,34,35). The number of fused-ring (bicyclic) bond motifs is 2. The van der Waals surface area contributed by atoms with Crippen LogP contribution >= 0.6 is 11.6 Å². The van der Waals surface area contributed by atoms with Gasteiger partial charge >= 0.3 is 5.97 Å². The van der Waals surface area contributed by atoms with Gasteiger partial charge in [-0.25, -0.2) is 9.78 Å². The van der Waals surface area contributed by atoms with Gasteiger partial charge in [-0.15, -0.1) is 0 Å². The highest BCUT2D eigenvalue weighted by molar-refractivity contribution is 6.33. The number of nitriles is 1. The van der Waals surface area contributed by atoms with Crippen LogP contribution in [-0.2, 0) is 6.61 Å². The Bertz CT molecular complexity index is 1660. The van der Waals surface area contributed by atoms with Crippen molar-refractivity contribution in [3.05, 3.63) is 87.3 Å². The number of pyridine rings is 1. The molecule has 1 N–H and O–H groups in total. The summed E-state index contributed by atoms with van der Waals surface area (Å²) >= 11 is 6.53. The second-order valence-electron chi connectivity index (χ2n) is 9.19. The molecular weight excluding hydrogens is 506 g/mol. The predicted molar refractivity (Wildman–Crippen MR) is 139 cm³/mol. The summed E-state index contributed by atoms with van der Waals surface area (Å²) in [5, 5.41) is 24.1. The van der Waals surface area contributed by atoms with E-state index in [1.54, 1.807) is 24.3 Å². The van der Waals surface area contributed by atoms with Crippen LogP contribution < -0.4 is 9.47 Å². The first-order valence-corrected chi connectivity index (χ1v) is 12.4. The van der Waals surface area contributed by atoms with Crippen LogP contribution in [0.3, 0.4) is 0 Å². The number of ether oxygens (including phenoxy) is 2. The number of aromatic carboxylic acids is 1. The number of aryl methyl sites for hydroxylation is 1. The van der Waals surface area contributed by atoms with Gasteiger partial charge in [0, 0.05) is 23.1 Å². The molecule has 8 nitrogen and oxygen atoms in total. The summed E-state index contributed by atoms with van der Waals surface area (Å²) in [5.74, 6) is 0.953. The summed E-state index contributed by atoms with van der Waals surface area (Å²) in [6.07, 6.45) is 3.67. The van der Waals surface area contributed by atoms with Gasteiger partial charge < -0.3 is 19.1 Å². The molecule has 0 bridgehead atoms. The number of hydrogen-bond acceptors (Lipinski definition) is 7. The van der Waals surface area contributed by atoms with Gasteiger partial charge in [0.25, 0.3) is 0 Å². The lowest BCUT2D eigenvalue weighted by Crippen LogP contribution is -2.03. The number of benzene rings is 2. The molecule has 0 radical (unpaired) electrons. The maximum Gasteiger partial charge on any atom is 0.335 e. The number of halogens is 1. The van der Waals surface area contributed by atoms with Crippen molar-refractivity contribution in [2.24, 2.45) is 0 Å². The minimum absolute atomic E-state index is 0.0803. The number of carboxylic acid groups (broad SMARTS) is 1. The predicted octanol–water partition coefficient (Wildman–Crippen LogP) is 7.02. The number of rotatable bonds is 6. The first-order valence-electron chi connectivity index (χ1n) is 12.0. The zero-order chi connectivity index (χ0) is 26.4. The molecule has 1 aliphatic carbocycles. The van der Waals surface area contributed by atoms with E-state index in [4.69, 9.17) is 25.6 Å². The van der Waals surface area contributed by atoms with E-state index in [1.807, 2.05) is 25.1 Å². The van der Waals surface area contributed by atoms with E-state index in [9.17, 15) is 15.2 Å². The van der Waals surface area contributed by atoms with Crippen molar-refractivity contribution >= 4 is 29.2 Å². The maximum absolute atomic E-state index is 11.4. The molecule has 188 valence electrons. The Hall–Kier alpha value is -4.61. The van der Waals surface area contributed by atoms with Gasteiger partial charge in [0.05, 0.1) is 21.7 Å². The van der Waals surface area contributed by atoms with Gasteiger partial charge in [-0.05, 0) is 55.7 Å². The fraction of sp³-hybridized carbons (Fsp3) is 0.172. The average Bonchev–Trinajstić information content (AvgIpc) is 3.69. The normalized spacial score (nSPS) is 13.9. The van der Waals surface area contributed by atoms with Crippen molar-refractivity contribution in [3.63, 3.8) is 0 Å². The SMILES string of the molecule is Cc1cccc(Cl)c1-c1noc(C2CC2)c1COc1ccc2c(n1)C(C#N)=Cc1ccc(C(=O)O)cc1O2. The minimum Gasteiger partial charge on any atom is -0.478 e. The second kappa shape index (κ2) is 9.36. The summed E-state index contributed by atoms with van der Waals surface area (Å²) < 4.78 is 17.8. The first-order chi connectivity index (χ1) is 18.4. The van der Waals surface area contributed by atoms with Crippen LogP contribution in [0, 0.1) is 18.3 Å². The number of hydrogen-bond donors (Lipinski definition) is 1. The molecule has 2 aliphatic rings. The smallest absolute Gasteiger partial charge is 0.335 e. The Morgan fingerprint density at radius 1 is 1.18 bits per heavy atom. The summed E-state index contributed by atoms with van der Waals surface area (Å²) in [6, 6.07) is 15.6. The lowest BCUT2D eigenvalue weighted by molar-refractivity contribution is 0.0696. The van der Waals surface area contributed by atoms with Crippen LogP contribution in [0.4, 0.5) is 0 Å². The molecule has 3 heterocycles.